The molecule has 0 saturated carbocycles. The molecule has 0 aromatic rings. The first-order valence-electron chi connectivity index (χ1n) is 2.82. The van der Waals surface area contributed by atoms with E-state index >= 15 is 0 Å². The lowest BCUT2D eigenvalue weighted by molar-refractivity contribution is 0.0684. The molecule has 0 aliphatic carbocycles. The number of aliphatic hydroxyl groups is 1. The SMILES string of the molecule is C=CCC(C)(O)CC#N. The maximum atomic E-state index is 9.22. The summed E-state index contributed by atoms with van der Waals surface area (Å²) in [5.41, 5.74) is -0.878. The Balaban J connectivity index is 3.73. The van der Waals surface area contributed by atoms with Gasteiger partial charge in [-0.25, -0.2) is 0 Å². The monoisotopic (exact) mass is 125 g/mol. The standard InChI is InChI=1S/C7H11NO/c1-3-4-7(2,9)5-6-8/h3,9H,1,4-5H2,2H3. The summed E-state index contributed by atoms with van der Waals surface area (Å²) in [5.74, 6) is 0. The van der Waals surface area contributed by atoms with Crippen molar-refractivity contribution in [2.45, 2.75) is 25.4 Å². The second-order valence-corrected chi connectivity index (χ2v) is 2.32. The van der Waals surface area contributed by atoms with Gasteiger partial charge in [0.25, 0.3) is 0 Å². The molecule has 0 fully saturated rings. The van der Waals surface area contributed by atoms with Crippen molar-refractivity contribution < 1.29 is 5.11 Å². The van der Waals surface area contributed by atoms with Crippen LogP contribution in [-0.2, 0) is 0 Å². The van der Waals surface area contributed by atoms with Crippen LogP contribution in [0, 0.1) is 11.3 Å². The van der Waals surface area contributed by atoms with Crippen molar-refractivity contribution in [1.82, 2.24) is 0 Å². The molecule has 2 heteroatoms. The zero-order valence-electron chi connectivity index (χ0n) is 5.59. The van der Waals surface area contributed by atoms with Gasteiger partial charge in [0.2, 0.25) is 0 Å². The first kappa shape index (κ1) is 8.19. The van der Waals surface area contributed by atoms with E-state index in [2.05, 4.69) is 6.58 Å². The van der Waals surface area contributed by atoms with Gasteiger partial charge in [-0.1, -0.05) is 6.08 Å². The van der Waals surface area contributed by atoms with Crippen molar-refractivity contribution in [3.8, 4) is 6.07 Å². The molecule has 0 spiro atoms. The predicted octanol–water partition coefficient (Wildman–Crippen LogP) is 1.23. The minimum atomic E-state index is -0.878. The van der Waals surface area contributed by atoms with Crippen LogP contribution in [0.5, 0.6) is 0 Å². The Kier molecular flexibility index (Phi) is 2.97. The van der Waals surface area contributed by atoms with Crippen LogP contribution in [0.25, 0.3) is 0 Å². The van der Waals surface area contributed by atoms with Crippen molar-refractivity contribution in [1.29, 1.82) is 5.26 Å². The highest BCUT2D eigenvalue weighted by atomic mass is 16.3. The molecule has 2 nitrogen and oxygen atoms in total. The molecule has 50 valence electrons. The molecule has 1 atom stereocenters. The van der Waals surface area contributed by atoms with E-state index in [4.69, 9.17) is 5.26 Å². The molecule has 0 radical (unpaired) electrons. The molecule has 0 saturated heterocycles. The topological polar surface area (TPSA) is 44.0 Å². The van der Waals surface area contributed by atoms with E-state index in [0.29, 0.717) is 6.42 Å². The predicted molar refractivity (Wildman–Crippen MR) is 35.7 cm³/mol. The largest absolute Gasteiger partial charge is 0.389 e. The molecule has 0 bridgehead atoms. The highest BCUT2D eigenvalue weighted by Crippen LogP contribution is 2.12. The van der Waals surface area contributed by atoms with Gasteiger partial charge in [0.1, 0.15) is 0 Å². The van der Waals surface area contributed by atoms with Gasteiger partial charge in [-0.3, -0.25) is 0 Å². The molecular weight excluding hydrogens is 114 g/mol. The Morgan fingerprint density at radius 1 is 1.89 bits per heavy atom. The maximum Gasteiger partial charge on any atom is 0.0783 e. The van der Waals surface area contributed by atoms with Crippen molar-refractivity contribution in [2.24, 2.45) is 0 Å². The zero-order valence-corrected chi connectivity index (χ0v) is 5.59. The summed E-state index contributed by atoms with van der Waals surface area (Å²) < 4.78 is 0. The van der Waals surface area contributed by atoms with Gasteiger partial charge in [0, 0.05) is 0 Å². The van der Waals surface area contributed by atoms with Crippen molar-refractivity contribution in [3.63, 3.8) is 0 Å². The Labute approximate surface area is 55.4 Å². The van der Waals surface area contributed by atoms with Crippen LogP contribution in [0.4, 0.5) is 0 Å². The molecular formula is C7H11NO. The molecule has 0 aliphatic heterocycles. The van der Waals surface area contributed by atoms with Gasteiger partial charge in [-0.15, -0.1) is 6.58 Å². The quantitative estimate of drug-likeness (QED) is 0.576. The molecule has 0 rings (SSSR count). The molecule has 0 aromatic heterocycles. The van der Waals surface area contributed by atoms with E-state index in [-0.39, 0.29) is 6.42 Å². The summed E-state index contributed by atoms with van der Waals surface area (Å²) in [5, 5.41) is 17.4. The minimum absolute atomic E-state index is 0.166. The van der Waals surface area contributed by atoms with Crippen LogP contribution in [0.1, 0.15) is 19.8 Å². The van der Waals surface area contributed by atoms with Gasteiger partial charge in [0.05, 0.1) is 18.1 Å². The first-order valence-corrected chi connectivity index (χ1v) is 2.82. The highest BCUT2D eigenvalue weighted by molar-refractivity contribution is 4.90. The zero-order chi connectivity index (χ0) is 7.33. The van der Waals surface area contributed by atoms with Gasteiger partial charge in [-0.05, 0) is 13.3 Å². The van der Waals surface area contributed by atoms with Crippen molar-refractivity contribution in [3.05, 3.63) is 12.7 Å². The number of nitrogens with zero attached hydrogens (tertiary/aromatic N) is 1. The van der Waals surface area contributed by atoms with Crippen LogP contribution in [0.2, 0.25) is 0 Å². The number of rotatable bonds is 3. The third-order valence-corrected chi connectivity index (χ3v) is 1.04. The lowest BCUT2D eigenvalue weighted by Crippen LogP contribution is -2.21. The summed E-state index contributed by atoms with van der Waals surface area (Å²) in [7, 11) is 0. The average Bonchev–Trinajstić information content (AvgIpc) is 1.64. The fourth-order valence-electron chi connectivity index (χ4n) is 0.553. The smallest absolute Gasteiger partial charge is 0.0783 e. The van der Waals surface area contributed by atoms with Crippen molar-refractivity contribution >= 4 is 0 Å². The van der Waals surface area contributed by atoms with Crippen LogP contribution in [0.3, 0.4) is 0 Å². The number of hydrogen-bond donors (Lipinski definition) is 1. The van der Waals surface area contributed by atoms with Gasteiger partial charge >= 0.3 is 0 Å². The van der Waals surface area contributed by atoms with Gasteiger partial charge < -0.3 is 5.11 Å². The highest BCUT2D eigenvalue weighted by Gasteiger charge is 2.16. The third-order valence-electron chi connectivity index (χ3n) is 1.04. The third kappa shape index (κ3) is 3.75. The summed E-state index contributed by atoms with van der Waals surface area (Å²) in [6.07, 6.45) is 2.25. The molecule has 1 N–H and O–H groups in total. The first-order chi connectivity index (χ1) is 4.12. The molecule has 0 aromatic carbocycles. The fourth-order valence-corrected chi connectivity index (χ4v) is 0.553. The van der Waals surface area contributed by atoms with Crippen LogP contribution >= 0.6 is 0 Å². The Morgan fingerprint density at radius 3 is 2.78 bits per heavy atom. The van der Waals surface area contributed by atoms with Gasteiger partial charge in [-0.2, -0.15) is 5.26 Å². The normalized spacial score (nSPS) is 15.7. The molecule has 1 unspecified atom stereocenters. The lowest BCUT2D eigenvalue weighted by atomic mass is 9.99. The molecule has 0 amide bonds. The van der Waals surface area contributed by atoms with E-state index in [1.807, 2.05) is 6.07 Å². The van der Waals surface area contributed by atoms with Crippen LogP contribution in [0.15, 0.2) is 12.7 Å². The average molecular weight is 125 g/mol. The second-order valence-electron chi connectivity index (χ2n) is 2.32. The molecule has 9 heavy (non-hydrogen) atoms. The fraction of sp³-hybridized carbons (Fsp3) is 0.571. The van der Waals surface area contributed by atoms with Gasteiger partial charge in [0.15, 0.2) is 0 Å². The Hall–Kier alpha value is -0.810. The number of hydrogen-bond acceptors (Lipinski definition) is 2. The minimum Gasteiger partial charge on any atom is -0.389 e. The Morgan fingerprint density at radius 2 is 2.44 bits per heavy atom. The maximum absolute atomic E-state index is 9.22. The molecule has 0 aliphatic rings. The van der Waals surface area contributed by atoms with Crippen LogP contribution < -0.4 is 0 Å². The van der Waals surface area contributed by atoms with Crippen molar-refractivity contribution in [2.75, 3.05) is 0 Å². The number of nitriles is 1. The van der Waals surface area contributed by atoms with E-state index < -0.39 is 5.60 Å². The lowest BCUT2D eigenvalue weighted by Gasteiger charge is -2.16. The van der Waals surface area contributed by atoms with E-state index in [1.165, 1.54) is 0 Å². The summed E-state index contributed by atoms with van der Waals surface area (Å²) >= 11 is 0. The summed E-state index contributed by atoms with van der Waals surface area (Å²) in [4.78, 5) is 0. The molecule has 0 heterocycles. The van der Waals surface area contributed by atoms with E-state index in [0.717, 1.165) is 0 Å². The Bertz CT molecular complexity index is 132. The van der Waals surface area contributed by atoms with Crippen LogP contribution in [-0.4, -0.2) is 10.7 Å². The summed E-state index contributed by atoms with van der Waals surface area (Å²) in [6.45, 7) is 5.08. The van der Waals surface area contributed by atoms with E-state index in [1.54, 1.807) is 13.0 Å². The summed E-state index contributed by atoms with van der Waals surface area (Å²) in [6, 6.07) is 1.90. The second kappa shape index (κ2) is 3.26. The van der Waals surface area contributed by atoms with E-state index in [9.17, 15) is 5.11 Å².